The Morgan fingerprint density at radius 2 is 1.81 bits per heavy atom. The second kappa shape index (κ2) is 7.58. The molecule has 1 saturated heterocycles. The van der Waals surface area contributed by atoms with Crippen molar-refractivity contribution in [2.24, 2.45) is 0 Å². The van der Waals surface area contributed by atoms with Crippen molar-refractivity contribution in [3.63, 3.8) is 0 Å². The molecule has 3 heterocycles. The number of fused-ring (bicyclic) bond motifs is 1. The number of aliphatic hydroxyl groups is 1. The van der Waals surface area contributed by atoms with Gasteiger partial charge in [0.25, 0.3) is 0 Å². The molecule has 2 aromatic heterocycles. The molecule has 0 spiro atoms. The van der Waals surface area contributed by atoms with E-state index in [1.807, 2.05) is 12.4 Å². The van der Waals surface area contributed by atoms with Gasteiger partial charge < -0.3 is 10.1 Å². The Labute approximate surface area is 154 Å². The molecule has 26 heavy (non-hydrogen) atoms. The summed E-state index contributed by atoms with van der Waals surface area (Å²) in [5.74, 6) is 0. The number of piperazine rings is 1. The first kappa shape index (κ1) is 17.2. The van der Waals surface area contributed by atoms with E-state index in [9.17, 15) is 5.11 Å². The number of nitrogens with one attached hydrogen (secondary N) is 1. The smallest absolute Gasteiger partial charge is 0.0627 e. The monoisotopic (exact) mass is 350 g/mol. The van der Waals surface area contributed by atoms with Crippen LogP contribution in [-0.2, 0) is 0 Å². The zero-order valence-corrected chi connectivity index (χ0v) is 15.2. The van der Waals surface area contributed by atoms with Crippen LogP contribution in [0.15, 0.2) is 48.8 Å². The van der Waals surface area contributed by atoms with Gasteiger partial charge in [-0.1, -0.05) is 18.2 Å². The summed E-state index contributed by atoms with van der Waals surface area (Å²) < 4.78 is 0. The number of nitrogens with zero attached hydrogens (tertiary/aromatic N) is 3. The van der Waals surface area contributed by atoms with Gasteiger partial charge >= 0.3 is 0 Å². The van der Waals surface area contributed by atoms with Crippen LogP contribution in [0.2, 0.25) is 0 Å². The molecule has 0 saturated carbocycles. The van der Waals surface area contributed by atoms with Gasteiger partial charge in [0.15, 0.2) is 0 Å². The molecule has 1 aromatic carbocycles. The van der Waals surface area contributed by atoms with Gasteiger partial charge in [0.1, 0.15) is 0 Å². The maximum absolute atomic E-state index is 9.21. The Bertz CT molecular complexity index is 853. The van der Waals surface area contributed by atoms with Crippen LogP contribution in [0.25, 0.3) is 10.9 Å². The quantitative estimate of drug-likeness (QED) is 0.743. The first-order valence-corrected chi connectivity index (χ1v) is 9.32. The lowest BCUT2D eigenvalue weighted by Gasteiger charge is -2.39. The number of aromatic nitrogens is 2. The highest BCUT2D eigenvalue weighted by Gasteiger charge is 2.29. The maximum Gasteiger partial charge on any atom is 0.0627 e. The molecule has 3 aromatic rings. The largest absolute Gasteiger partial charge is 0.395 e. The van der Waals surface area contributed by atoms with Crippen LogP contribution in [0, 0.1) is 6.92 Å². The summed E-state index contributed by atoms with van der Waals surface area (Å²) in [6.07, 6.45) is 3.77. The first-order valence-electron chi connectivity index (χ1n) is 9.32. The van der Waals surface area contributed by atoms with Crippen molar-refractivity contribution >= 4 is 10.9 Å². The Hall–Kier alpha value is -2.21. The molecule has 1 atom stereocenters. The van der Waals surface area contributed by atoms with Crippen molar-refractivity contribution in [2.75, 3.05) is 39.3 Å². The SMILES string of the molecule is Cc1[nH]c2ccccc2c1[C@H](c1ccncc1)N1CCN(CCO)CC1. The molecular weight excluding hydrogens is 324 g/mol. The minimum absolute atomic E-state index is 0.213. The summed E-state index contributed by atoms with van der Waals surface area (Å²) in [6.45, 7) is 7.13. The molecule has 1 aliphatic heterocycles. The predicted molar refractivity (Wildman–Crippen MR) is 104 cm³/mol. The molecule has 136 valence electrons. The summed E-state index contributed by atoms with van der Waals surface area (Å²) in [4.78, 5) is 12.7. The average Bonchev–Trinajstić information content (AvgIpc) is 3.01. The first-order chi connectivity index (χ1) is 12.8. The minimum atomic E-state index is 0.213. The number of aliphatic hydroxyl groups excluding tert-OH is 1. The summed E-state index contributed by atoms with van der Waals surface area (Å²) >= 11 is 0. The van der Waals surface area contributed by atoms with Crippen molar-refractivity contribution in [1.29, 1.82) is 0 Å². The summed E-state index contributed by atoms with van der Waals surface area (Å²) in [5, 5.41) is 10.5. The van der Waals surface area contributed by atoms with E-state index in [0.717, 1.165) is 32.7 Å². The van der Waals surface area contributed by atoms with Crippen LogP contribution in [0.1, 0.15) is 22.9 Å². The van der Waals surface area contributed by atoms with Crippen LogP contribution in [0.3, 0.4) is 0 Å². The van der Waals surface area contributed by atoms with Gasteiger partial charge in [-0.05, 0) is 30.7 Å². The summed E-state index contributed by atoms with van der Waals surface area (Å²) in [5.41, 5.74) is 5.06. The number of aryl methyl sites for hydroxylation is 1. The van der Waals surface area contributed by atoms with Gasteiger partial charge in [-0.25, -0.2) is 0 Å². The fourth-order valence-electron chi connectivity index (χ4n) is 4.14. The van der Waals surface area contributed by atoms with Crippen molar-refractivity contribution in [3.05, 3.63) is 65.6 Å². The Morgan fingerprint density at radius 1 is 1.08 bits per heavy atom. The molecule has 0 aliphatic carbocycles. The molecule has 0 bridgehead atoms. The second-order valence-corrected chi connectivity index (χ2v) is 6.99. The third kappa shape index (κ3) is 3.26. The number of hydrogen-bond acceptors (Lipinski definition) is 4. The van der Waals surface area contributed by atoms with Crippen molar-refractivity contribution in [2.45, 2.75) is 13.0 Å². The van der Waals surface area contributed by atoms with Crippen molar-refractivity contribution < 1.29 is 5.11 Å². The Morgan fingerprint density at radius 3 is 2.54 bits per heavy atom. The van der Waals surface area contributed by atoms with E-state index in [1.54, 1.807) is 0 Å². The lowest BCUT2D eigenvalue weighted by Crippen LogP contribution is -2.48. The molecule has 4 rings (SSSR count). The highest BCUT2D eigenvalue weighted by Crippen LogP contribution is 2.36. The highest BCUT2D eigenvalue weighted by atomic mass is 16.3. The van der Waals surface area contributed by atoms with Gasteiger partial charge in [-0.15, -0.1) is 0 Å². The van der Waals surface area contributed by atoms with Gasteiger partial charge in [-0.3, -0.25) is 14.8 Å². The third-order valence-corrected chi connectivity index (χ3v) is 5.43. The van der Waals surface area contributed by atoms with Crippen LogP contribution < -0.4 is 0 Å². The second-order valence-electron chi connectivity index (χ2n) is 6.99. The molecule has 0 amide bonds. The van der Waals surface area contributed by atoms with Crippen LogP contribution in [0.5, 0.6) is 0 Å². The van der Waals surface area contributed by atoms with Gasteiger partial charge in [0, 0.05) is 67.3 Å². The Kier molecular flexibility index (Phi) is 5.02. The van der Waals surface area contributed by atoms with E-state index >= 15 is 0 Å². The number of pyridine rings is 1. The minimum Gasteiger partial charge on any atom is -0.395 e. The molecular formula is C21H26N4O. The predicted octanol–water partition coefficient (Wildman–Crippen LogP) is 2.57. The normalized spacial score (nSPS) is 17.6. The number of para-hydroxylation sites is 1. The number of benzene rings is 1. The summed E-state index contributed by atoms with van der Waals surface area (Å²) in [6, 6.07) is 13.0. The van der Waals surface area contributed by atoms with Crippen LogP contribution in [0.4, 0.5) is 0 Å². The van der Waals surface area contributed by atoms with E-state index in [4.69, 9.17) is 0 Å². The fraction of sp³-hybridized carbons (Fsp3) is 0.381. The van der Waals surface area contributed by atoms with E-state index < -0.39 is 0 Å². The molecule has 0 radical (unpaired) electrons. The standard InChI is InChI=1S/C21H26N4O/c1-16-20(18-4-2-3-5-19(18)23-16)21(17-6-8-22-9-7-17)25-12-10-24(11-13-25)14-15-26/h2-9,21,23,26H,10-15H2,1H3/t21-/m0/s1. The fourth-order valence-corrected chi connectivity index (χ4v) is 4.14. The van der Waals surface area contributed by atoms with E-state index in [0.29, 0.717) is 0 Å². The Balaban J connectivity index is 1.74. The lowest BCUT2D eigenvalue weighted by molar-refractivity contribution is 0.0946. The maximum atomic E-state index is 9.21. The number of β-amino-alcohol motifs (C(OH)–C–C–N with tert-alkyl or cyclic N) is 1. The molecule has 1 aliphatic rings. The number of aromatic amines is 1. The molecule has 5 nitrogen and oxygen atoms in total. The van der Waals surface area contributed by atoms with E-state index in [-0.39, 0.29) is 12.6 Å². The van der Waals surface area contributed by atoms with Gasteiger partial charge in [0.2, 0.25) is 0 Å². The molecule has 1 fully saturated rings. The lowest BCUT2D eigenvalue weighted by atomic mass is 9.94. The van der Waals surface area contributed by atoms with Gasteiger partial charge in [0.05, 0.1) is 12.6 Å². The molecule has 0 unspecified atom stereocenters. The average molecular weight is 350 g/mol. The summed E-state index contributed by atoms with van der Waals surface area (Å²) in [7, 11) is 0. The number of rotatable bonds is 5. The number of hydrogen-bond donors (Lipinski definition) is 2. The topological polar surface area (TPSA) is 55.4 Å². The molecule has 2 N–H and O–H groups in total. The van der Waals surface area contributed by atoms with Crippen LogP contribution >= 0.6 is 0 Å². The van der Waals surface area contributed by atoms with Crippen molar-refractivity contribution in [3.8, 4) is 0 Å². The zero-order valence-electron chi connectivity index (χ0n) is 15.2. The van der Waals surface area contributed by atoms with E-state index in [2.05, 4.69) is 63.1 Å². The third-order valence-electron chi connectivity index (χ3n) is 5.43. The van der Waals surface area contributed by atoms with Crippen LogP contribution in [-0.4, -0.2) is 64.2 Å². The highest BCUT2D eigenvalue weighted by molar-refractivity contribution is 5.85. The van der Waals surface area contributed by atoms with Crippen molar-refractivity contribution in [1.82, 2.24) is 19.8 Å². The number of H-pyrrole nitrogens is 1. The van der Waals surface area contributed by atoms with Gasteiger partial charge in [-0.2, -0.15) is 0 Å². The van der Waals surface area contributed by atoms with E-state index in [1.165, 1.54) is 27.7 Å². The molecule has 5 heteroatoms. The zero-order chi connectivity index (χ0) is 17.9.